The van der Waals surface area contributed by atoms with Crippen LogP contribution in [0.3, 0.4) is 0 Å². The number of rotatable bonds is 5. The number of hydrogen-bond acceptors (Lipinski definition) is 0. The van der Waals surface area contributed by atoms with E-state index in [1.165, 1.54) is 98.0 Å². The van der Waals surface area contributed by atoms with Gasteiger partial charge in [-0.05, 0) is 104 Å². The molecule has 0 aliphatic carbocycles. The van der Waals surface area contributed by atoms with Gasteiger partial charge in [0.05, 0.1) is 22.1 Å². The third-order valence-electron chi connectivity index (χ3n) is 12.4. The quantitative estimate of drug-likeness (QED) is 0.156. The van der Waals surface area contributed by atoms with Crippen molar-refractivity contribution in [3.05, 3.63) is 218 Å². The van der Waals surface area contributed by atoms with Gasteiger partial charge in [0.15, 0.2) is 8.07 Å². The second kappa shape index (κ2) is 12.4. The van der Waals surface area contributed by atoms with Gasteiger partial charge >= 0.3 is 0 Å². The van der Waals surface area contributed by atoms with Crippen molar-refractivity contribution in [2.24, 2.45) is 0 Å². The average molecular weight is 741 g/mol. The zero-order valence-corrected chi connectivity index (χ0v) is 32.2. The van der Waals surface area contributed by atoms with Crippen LogP contribution in [0.15, 0.2) is 218 Å². The molecule has 11 aromatic rings. The van der Waals surface area contributed by atoms with Crippen molar-refractivity contribution < 1.29 is 0 Å². The fraction of sp³-hybridized carbons (Fsp3) is 0. The van der Waals surface area contributed by atoms with Crippen LogP contribution in [0.1, 0.15) is 0 Å². The molecule has 0 N–H and O–H groups in total. The largest absolute Gasteiger partial charge is 0.309 e. The molecule has 2 aromatic heterocycles. The number of hydrogen-bond donors (Lipinski definition) is 0. The Kier molecular flexibility index (Phi) is 6.98. The van der Waals surface area contributed by atoms with Gasteiger partial charge in [-0.25, -0.2) is 0 Å². The van der Waals surface area contributed by atoms with E-state index in [0.29, 0.717) is 0 Å². The molecule has 0 bridgehead atoms. The summed E-state index contributed by atoms with van der Waals surface area (Å²) in [6.07, 6.45) is 0. The molecule has 57 heavy (non-hydrogen) atoms. The van der Waals surface area contributed by atoms with E-state index in [1.807, 2.05) is 0 Å². The Labute approximate surface area is 332 Å². The van der Waals surface area contributed by atoms with Crippen molar-refractivity contribution >= 4 is 72.4 Å². The Morgan fingerprint density at radius 3 is 1.33 bits per heavy atom. The normalized spacial score (nSPS) is 13.1. The molecule has 0 fully saturated rings. The molecule has 0 saturated heterocycles. The third-order valence-corrected chi connectivity index (χ3v) is 17.3. The van der Waals surface area contributed by atoms with E-state index in [9.17, 15) is 0 Å². The molecule has 0 atom stereocenters. The van der Waals surface area contributed by atoms with Crippen molar-refractivity contribution in [1.82, 2.24) is 9.13 Å². The van der Waals surface area contributed by atoms with Crippen LogP contribution in [0.4, 0.5) is 0 Å². The molecule has 1 aliphatic rings. The third kappa shape index (κ3) is 4.58. The highest BCUT2D eigenvalue weighted by Gasteiger charge is 2.48. The molecule has 266 valence electrons. The van der Waals surface area contributed by atoms with Crippen LogP contribution in [0.5, 0.6) is 0 Å². The van der Waals surface area contributed by atoms with Gasteiger partial charge in [-0.15, -0.1) is 0 Å². The maximum Gasteiger partial charge on any atom is 0.180 e. The number of nitrogens with zero attached hydrogens (tertiary/aromatic N) is 2. The lowest BCUT2D eigenvalue weighted by Crippen LogP contribution is -2.72. The Balaban J connectivity index is 1.06. The van der Waals surface area contributed by atoms with Crippen LogP contribution in [0.2, 0.25) is 0 Å². The fourth-order valence-electron chi connectivity index (χ4n) is 10.0. The van der Waals surface area contributed by atoms with Gasteiger partial charge in [0.25, 0.3) is 0 Å². The summed E-state index contributed by atoms with van der Waals surface area (Å²) in [5.41, 5.74) is 12.4. The smallest absolute Gasteiger partial charge is 0.180 e. The summed E-state index contributed by atoms with van der Waals surface area (Å²) in [5, 5.41) is 10.8. The SMILES string of the molecule is c1ccc(-n2c3ccccc3c3cc(-c4ccc5c(c4)c4ccccc4n5-c4ccc5c(c4)[Si](c4ccccc4)(c4ccccc4)c4ccccc4-5)ccc32)cc1. The van der Waals surface area contributed by atoms with Crippen molar-refractivity contribution in [2.45, 2.75) is 0 Å². The first-order valence-corrected chi connectivity index (χ1v) is 21.8. The molecular weight excluding hydrogens is 705 g/mol. The lowest BCUT2D eigenvalue weighted by molar-refractivity contribution is 1.18. The molecular formula is C54H36N2Si. The van der Waals surface area contributed by atoms with E-state index in [0.717, 1.165) is 0 Å². The summed E-state index contributed by atoms with van der Waals surface area (Å²) >= 11 is 0. The molecule has 2 nitrogen and oxygen atoms in total. The average Bonchev–Trinajstić information content (AvgIpc) is 3.91. The first-order chi connectivity index (χ1) is 28.3. The molecule has 3 heterocycles. The number of benzene rings is 9. The molecule has 0 amide bonds. The number of aromatic nitrogens is 2. The molecule has 0 spiro atoms. The lowest BCUT2D eigenvalue weighted by atomic mass is 10.0. The van der Waals surface area contributed by atoms with Crippen LogP contribution in [0.25, 0.3) is 77.2 Å². The maximum atomic E-state index is 2.53. The van der Waals surface area contributed by atoms with E-state index >= 15 is 0 Å². The molecule has 9 aromatic carbocycles. The van der Waals surface area contributed by atoms with Crippen LogP contribution in [-0.4, -0.2) is 17.2 Å². The van der Waals surface area contributed by atoms with Gasteiger partial charge in [-0.2, -0.15) is 0 Å². The minimum atomic E-state index is -2.64. The summed E-state index contributed by atoms with van der Waals surface area (Å²) in [4.78, 5) is 0. The van der Waals surface area contributed by atoms with E-state index < -0.39 is 8.07 Å². The predicted octanol–water partition coefficient (Wildman–Crippen LogP) is 10.9. The van der Waals surface area contributed by atoms with Crippen LogP contribution in [-0.2, 0) is 0 Å². The van der Waals surface area contributed by atoms with Crippen molar-refractivity contribution in [2.75, 3.05) is 0 Å². The first kappa shape index (κ1) is 32.1. The van der Waals surface area contributed by atoms with Crippen molar-refractivity contribution in [3.63, 3.8) is 0 Å². The highest BCUT2D eigenvalue weighted by atomic mass is 28.3. The van der Waals surface area contributed by atoms with Gasteiger partial charge in [0.1, 0.15) is 0 Å². The number of para-hydroxylation sites is 3. The van der Waals surface area contributed by atoms with E-state index in [2.05, 4.69) is 228 Å². The monoisotopic (exact) mass is 740 g/mol. The summed E-state index contributed by atoms with van der Waals surface area (Å²) in [7, 11) is -2.64. The number of fused-ring (bicyclic) bond motifs is 9. The molecule has 12 rings (SSSR count). The summed E-state index contributed by atoms with van der Waals surface area (Å²) in [6, 6.07) is 81.3. The van der Waals surface area contributed by atoms with E-state index in [1.54, 1.807) is 0 Å². The van der Waals surface area contributed by atoms with Gasteiger partial charge in [-0.3, -0.25) is 0 Å². The van der Waals surface area contributed by atoms with Crippen molar-refractivity contribution in [1.29, 1.82) is 0 Å². The van der Waals surface area contributed by atoms with Crippen LogP contribution < -0.4 is 20.7 Å². The maximum absolute atomic E-state index is 2.64. The topological polar surface area (TPSA) is 9.86 Å². The van der Waals surface area contributed by atoms with Crippen LogP contribution in [0, 0.1) is 0 Å². The Hall–Kier alpha value is -7.20. The summed E-state index contributed by atoms with van der Waals surface area (Å²) in [5.74, 6) is 0. The minimum absolute atomic E-state index is 1.17. The van der Waals surface area contributed by atoms with Crippen LogP contribution >= 0.6 is 0 Å². The highest BCUT2D eigenvalue weighted by molar-refractivity contribution is 7.22. The molecule has 0 radical (unpaired) electrons. The summed E-state index contributed by atoms with van der Waals surface area (Å²) in [6.45, 7) is 0. The highest BCUT2D eigenvalue weighted by Crippen LogP contribution is 2.39. The second-order valence-electron chi connectivity index (χ2n) is 15.3. The molecule has 1 aliphatic heterocycles. The van der Waals surface area contributed by atoms with E-state index in [4.69, 9.17) is 0 Å². The van der Waals surface area contributed by atoms with Crippen molar-refractivity contribution in [3.8, 4) is 33.6 Å². The van der Waals surface area contributed by atoms with E-state index in [-0.39, 0.29) is 0 Å². The Morgan fingerprint density at radius 2 is 0.737 bits per heavy atom. The predicted molar refractivity (Wildman–Crippen MR) is 243 cm³/mol. The molecule has 0 unspecified atom stereocenters. The van der Waals surface area contributed by atoms with Gasteiger partial charge in [0, 0.05) is 32.9 Å². The minimum Gasteiger partial charge on any atom is -0.309 e. The van der Waals surface area contributed by atoms with Gasteiger partial charge in [-0.1, -0.05) is 158 Å². The second-order valence-corrected chi connectivity index (χ2v) is 19.0. The zero-order valence-electron chi connectivity index (χ0n) is 31.2. The molecule has 3 heteroatoms. The first-order valence-electron chi connectivity index (χ1n) is 19.8. The van der Waals surface area contributed by atoms with Gasteiger partial charge in [0.2, 0.25) is 0 Å². The summed E-state index contributed by atoms with van der Waals surface area (Å²) < 4.78 is 4.87. The van der Waals surface area contributed by atoms with Gasteiger partial charge < -0.3 is 9.13 Å². The fourth-order valence-corrected chi connectivity index (χ4v) is 15.2. The Bertz CT molecular complexity index is 3300. The zero-order chi connectivity index (χ0) is 37.5. The molecule has 0 saturated carbocycles. The lowest BCUT2D eigenvalue weighted by Gasteiger charge is -2.31. The standard InChI is InChI=1S/C54H36N2Si/c1-4-16-39(17-5-1)55-49-25-13-10-22-43(49)47-34-37(28-32-51(47)55)38-29-33-52-48(35-38)44-23-11-14-26-50(44)56(52)40-30-31-46-45-24-12-15-27-53(45)57(54(46)36-40,41-18-6-2-7-19-41)42-20-8-3-9-21-42/h1-36H. The Morgan fingerprint density at radius 1 is 0.281 bits per heavy atom.